The third-order valence-electron chi connectivity index (χ3n) is 12.2. The van der Waals surface area contributed by atoms with Crippen LogP contribution in [-0.4, -0.2) is 34.5 Å². The van der Waals surface area contributed by atoms with E-state index in [9.17, 15) is 0 Å². The van der Waals surface area contributed by atoms with Gasteiger partial charge in [0.25, 0.3) is 0 Å². The van der Waals surface area contributed by atoms with Crippen molar-refractivity contribution in [2.24, 2.45) is 0 Å². The van der Waals surface area contributed by atoms with Gasteiger partial charge < -0.3 is 4.57 Å². The van der Waals surface area contributed by atoms with E-state index in [2.05, 4.69) is 155 Å². The summed E-state index contributed by atoms with van der Waals surface area (Å²) in [6.07, 6.45) is 3.73. The number of aromatic nitrogens is 7. The molecule has 7 aromatic carbocycles. The molecule has 7 nitrogen and oxygen atoms in total. The maximum absolute atomic E-state index is 5.10. The number of hydrogen-bond donors (Lipinski definition) is 0. The lowest BCUT2D eigenvalue weighted by molar-refractivity contribution is 1.07. The molecule has 0 spiro atoms. The Labute approximate surface area is 387 Å². The summed E-state index contributed by atoms with van der Waals surface area (Å²) in [5.41, 5.74) is 15.9. The van der Waals surface area contributed by atoms with Gasteiger partial charge in [0.1, 0.15) is 0 Å². The molecule has 67 heavy (non-hydrogen) atoms. The SMILES string of the molecule is c1ccc(-c2nc(-c3ccccc3)nc(-c3ccc(-c4ccc(-c5ccc(-c6cc(-c7ccc(-n8c9ccccc9c9ccccc98)cc7)cc(-c7ccccn7)n6)nc5)cc4)cc3)n2)cc1. The molecule has 7 heteroatoms. The van der Waals surface area contributed by atoms with Crippen molar-refractivity contribution in [1.82, 2.24) is 34.5 Å². The summed E-state index contributed by atoms with van der Waals surface area (Å²) < 4.78 is 2.34. The summed E-state index contributed by atoms with van der Waals surface area (Å²) in [5, 5.41) is 2.49. The standard InChI is InChI=1S/C60H39N7/c1-3-13-44(14-4-1)58-64-59(45-15-5-2-6-16-45)66-60(65-58)46-28-26-41(27-29-46)40-22-24-42(25-23-40)47-32-35-53(62-39-47)55-38-48(37-54(63-55)52-19-11-12-36-61-52)43-30-33-49(34-31-43)67-56-20-9-7-17-50(56)51-18-8-10-21-57(51)67/h1-39H. The molecule has 0 atom stereocenters. The minimum atomic E-state index is 0.630. The van der Waals surface area contributed by atoms with Crippen LogP contribution < -0.4 is 0 Å². The van der Waals surface area contributed by atoms with E-state index in [1.165, 1.54) is 21.8 Å². The van der Waals surface area contributed by atoms with Gasteiger partial charge in [0.15, 0.2) is 17.5 Å². The molecule has 0 unspecified atom stereocenters. The zero-order valence-corrected chi connectivity index (χ0v) is 36.1. The minimum Gasteiger partial charge on any atom is -0.309 e. The number of nitrogens with zero attached hydrogens (tertiary/aromatic N) is 7. The summed E-state index contributed by atoms with van der Waals surface area (Å²) in [7, 11) is 0. The highest BCUT2D eigenvalue weighted by Crippen LogP contribution is 2.35. The summed E-state index contributed by atoms with van der Waals surface area (Å²) in [6.45, 7) is 0. The zero-order chi connectivity index (χ0) is 44.5. The van der Waals surface area contributed by atoms with Gasteiger partial charge in [0, 0.05) is 51.1 Å². The summed E-state index contributed by atoms with van der Waals surface area (Å²) in [6, 6.07) is 77.3. The molecular formula is C60H39N7. The molecule has 0 saturated heterocycles. The third kappa shape index (κ3) is 7.70. The van der Waals surface area contributed by atoms with Crippen molar-refractivity contribution in [2.75, 3.05) is 0 Å². The van der Waals surface area contributed by atoms with Crippen molar-refractivity contribution in [3.8, 4) is 96.0 Å². The Balaban J connectivity index is 0.812. The molecule has 0 fully saturated rings. The maximum Gasteiger partial charge on any atom is 0.164 e. The molecule has 12 rings (SSSR count). The van der Waals surface area contributed by atoms with Crippen molar-refractivity contribution in [1.29, 1.82) is 0 Å². The van der Waals surface area contributed by atoms with Crippen LogP contribution in [0.4, 0.5) is 0 Å². The van der Waals surface area contributed by atoms with Gasteiger partial charge in [-0.25, -0.2) is 19.9 Å². The van der Waals surface area contributed by atoms with Gasteiger partial charge in [0.05, 0.1) is 33.8 Å². The van der Waals surface area contributed by atoms with Gasteiger partial charge >= 0.3 is 0 Å². The number of pyridine rings is 3. The summed E-state index contributed by atoms with van der Waals surface area (Å²) in [4.78, 5) is 29.4. The fourth-order valence-electron chi connectivity index (χ4n) is 8.80. The largest absolute Gasteiger partial charge is 0.309 e. The van der Waals surface area contributed by atoms with Crippen LogP contribution in [0.1, 0.15) is 0 Å². The predicted octanol–water partition coefficient (Wildman–Crippen LogP) is 14.5. The van der Waals surface area contributed by atoms with Gasteiger partial charge in [-0.1, -0.05) is 170 Å². The monoisotopic (exact) mass is 857 g/mol. The first-order valence-electron chi connectivity index (χ1n) is 22.3. The van der Waals surface area contributed by atoms with Gasteiger partial charge in [-0.2, -0.15) is 0 Å². The number of benzene rings is 7. The number of para-hydroxylation sites is 2. The first kappa shape index (κ1) is 39.4. The van der Waals surface area contributed by atoms with Gasteiger partial charge in [-0.3, -0.25) is 9.97 Å². The first-order valence-corrected chi connectivity index (χ1v) is 22.3. The Morgan fingerprint density at radius 1 is 0.269 bits per heavy atom. The van der Waals surface area contributed by atoms with E-state index in [4.69, 9.17) is 24.9 Å². The normalized spacial score (nSPS) is 11.3. The van der Waals surface area contributed by atoms with Crippen LogP contribution in [-0.2, 0) is 0 Å². The Kier molecular flexibility index (Phi) is 10.0. The average molecular weight is 858 g/mol. The Hall–Kier alpha value is -9.20. The predicted molar refractivity (Wildman–Crippen MR) is 271 cm³/mol. The van der Waals surface area contributed by atoms with Crippen LogP contribution in [0.2, 0.25) is 0 Å². The smallest absolute Gasteiger partial charge is 0.164 e. The third-order valence-corrected chi connectivity index (χ3v) is 12.2. The molecule has 0 aliphatic carbocycles. The van der Waals surface area contributed by atoms with E-state index < -0.39 is 0 Å². The van der Waals surface area contributed by atoms with Crippen LogP contribution in [0, 0.1) is 0 Å². The fraction of sp³-hybridized carbons (Fsp3) is 0. The van der Waals surface area contributed by atoms with E-state index >= 15 is 0 Å². The van der Waals surface area contributed by atoms with Gasteiger partial charge in [0.2, 0.25) is 0 Å². The van der Waals surface area contributed by atoms with Crippen LogP contribution >= 0.6 is 0 Å². The van der Waals surface area contributed by atoms with Crippen LogP contribution in [0.15, 0.2) is 237 Å². The molecule has 5 aromatic heterocycles. The number of rotatable bonds is 9. The van der Waals surface area contributed by atoms with E-state index in [0.29, 0.717) is 17.5 Å². The van der Waals surface area contributed by atoms with Crippen LogP contribution in [0.3, 0.4) is 0 Å². The lowest BCUT2D eigenvalue weighted by Crippen LogP contribution is -2.00. The second-order valence-electron chi connectivity index (χ2n) is 16.4. The molecule has 0 amide bonds. The van der Waals surface area contributed by atoms with Gasteiger partial charge in [-0.15, -0.1) is 0 Å². The second-order valence-corrected chi connectivity index (χ2v) is 16.4. The highest BCUT2D eigenvalue weighted by molar-refractivity contribution is 6.09. The highest BCUT2D eigenvalue weighted by Gasteiger charge is 2.16. The minimum absolute atomic E-state index is 0.630. The van der Waals surface area contributed by atoms with Crippen LogP contribution in [0.25, 0.3) is 118 Å². The quantitative estimate of drug-likeness (QED) is 0.144. The number of hydrogen-bond acceptors (Lipinski definition) is 6. The molecule has 314 valence electrons. The molecule has 0 radical (unpaired) electrons. The van der Waals surface area contributed by atoms with Crippen LogP contribution in [0.5, 0.6) is 0 Å². The fourth-order valence-corrected chi connectivity index (χ4v) is 8.80. The van der Waals surface area contributed by atoms with Crippen molar-refractivity contribution >= 4 is 21.8 Å². The van der Waals surface area contributed by atoms with E-state index in [1.54, 1.807) is 6.20 Å². The molecular weight excluding hydrogens is 819 g/mol. The maximum atomic E-state index is 5.10. The molecule has 0 bridgehead atoms. The highest BCUT2D eigenvalue weighted by atomic mass is 15.0. The molecule has 5 heterocycles. The topological polar surface area (TPSA) is 82.3 Å². The lowest BCUT2D eigenvalue weighted by Gasteiger charge is -2.12. The second kappa shape index (κ2) is 17.1. The molecule has 0 aliphatic heterocycles. The lowest BCUT2D eigenvalue weighted by atomic mass is 9.99. The van der Waals surface area contributed by atoms with E-state index in [-0.39, 0.29) is 0 Å². The van der Waals surface area contributed by atoms with Gasteiger partial charge in [-0.05, 0) is 82.4 Å². The first-order chi connectivity index (χ1) is 33.2. The Bertz CT molecular complexity index is 3570. The number of fused-ring (bicyclic) bond motifs is 3. The molecule has 0 aliphatic rings. The van der Waals surface area contributed by atoms with Crippen molar-refractivity contribution in [3.63, 3.8) is 0 Å². The molecule has 0 N–H and O–H groups in total. The van der Waals surface area contributed by atoms with Crippen molar-refractivity contribution in [3.05, 3.63) is 237 Å². The van der Waals surface area contributed by atoms with Crippen molar-refractivity contribution < 1.29 is 0 Å². The van der Waals surface area contributed by atoms with Crippen molar-refractivity contribution in [2.45, 2.75) is 0 Å². The van der Waals surface area contributed by atoms with E-state index in [0.717, 1.165) is 78.5 Å². The summed E-state index contributed by atoms with van der Waals surface area (Å²) in [5.74, 6) is 1.91. The van der Waals surface area contributed by atoms with E-state index in [1.807, 2.05) is 85.1 Å². The molecule has 0 saturated carbocycles. The zero-order valence-electron chi connectivity index (χ0n) is 36.1. The molecule has 12 aromatic rings. The average Bonchev–Trinajstić information content (AvgIpc) is 3.76. The Morgan fingerprint density at radius 2 is 0.687 bits per heavy atom. The summed E-state index contributed by atoms with van der Waals surface area (Å²) >= 11 is 0. The Morgan fingerprint density at radius 3 is 1.19 bits per heavy atom.